The van der Waals surface area contributed by atoms with E-state index in [0.717, 1.165) is 6.42 Å². The predicted octanol–water partition coefficient (Wildman–Crippen LogP) is 2.24. The quantitative estimate of drug-likeness (QED) is 0.776. The van der Waals surface area contributed by atoms with Crippen LogP contribution < -0.4 is 5.73 Å². The van der Waals surface area contributed by atoms with Crippen LogP contribution in [-0.4, -0.2) is 11.0 Å². The lowest BCUT2D eigenvalue weighted by atomic mass is 9.83. The summed E-state index contributed by atoms with van der Waals surface area (Å²) in [6.45, 7) is 2.08. The van der Waals surface area contributed by atoms with Gasteiger partial charge in [0.05, 0.1) is 0 Å². The molecule has 0 bridgehead atoms. The van der Waals surface area contributed by atoms with Crippen LogP contribution >= 0.6 is 0 Å². The SMILES string of the molecule is CC(N)CC1CCCc2cccnc21. The molecule has 0 spiro atoms. The van der Waals surface area contributed by atoms with Crippen LogP contribution in [0.3, 0.4) is 0 Å². The molecule has 1 aromatic heterocycles. The molecule has 76 valence electrons. The van der Waals surface area contributed by atoms with Gasteiger partial charge in [-0.15, -0.1) is 0 Å². The van der Waals surface area contributed by atoms with Gasteiger partial charge in [0.1, 0.15) is 0 Å². The molecule has 0 amide bonds. The van der Waals surface area contributed by atoms with E-state index in [2.05, 4.69) is 18.0 Å². The Hall–Kier alpha value is -0.890. The van der Waals surface area contributed by atoms with Gasteiger partial charge in [-0.3, -0.25) is 4.98 Å². The van der Waals surface area contributed by atoms with Gasteiger partial charge >= 0.3 is 0 Å². The fourth-order valence-electron chi connectivity index (χ4n) is 2.38. The number of hydrogen-bond acceptors (Lipinski definition) is 2. The zero-order valence-corrected chi connectivity index (χ0v) is 8.74. The standard InChI is InChI=1S/C12H18N2/c1-9(13)8-11-5-2-4-10-6-3-7-14-12(10)11/h3,6-7,9,11H,2,4-5,8,13H2,1H3. The summed E-state index contributed by atoms with van der Waals surface area (Å²) in [6, 6.07) is 4.52. The fraction of sp³-hybridized carbons (Fsp3) is 0.583. The predicted molar refractivity (Wildman–Crippen MR) is 58.2 cm³/mol. The molecule has 2 rings (SSSR count). The summed E-state index contributed by atoms with van der Waals surface area (Å²) in [5.74, 6) is 0.597. The van der Waals surface area contributed by atoms with Crippen LogP contribution in [0.15, 0.2) is 18.3 Å². The summed E-state index contributed by atoms with van der Waals surface area (Å²) < 4.78 is 0. The van der Waals surface area contributed by atoms with Crippen LogP contribution in [-0.2, 0) is 6.42 Å². The molecule has 1 aliphatic rings. The Kier molecular flexibility index (Phi) is 2.82. The van der Waals surface area contributed by atoms with Gasteiger partial charge in [-0.2, -0.15) is 0 Å². The molecule has 1 aliphatic carbocycles. The van der Waals surface area contributed by atoms with E-state index in [1.54, 1.807) is 0 Å². The van der Waals surface area contributed by atoms with Crippen molar-refractivity contribution in [1.82, 2.24) is 4.98 Å². The highest BCUT2D eigenvalue weighted by Crippen LogP contribution is 2.32. The smallest absolute Gasteiger partial charge is 0.0467 e. The van der Waals surface area contributed by atoms with Crippen LogP contribution in [0.25, 0.3) is 0 Å². The third-order valence-electron chi connectivity index (χ3n) is 2.97. The van der Waals surface area contributed by atoms with Crippen LogP contribution in [0.5, 0.6) is 0 Å². The monoisotopic (exact) mass is 190 g/mol. The summed E-state index contributed by atoms with van der Waals surface area (Å²) in [5, 5.41) is 0. The van der Waals surface area contributed by atoms with Gasteiger partial charge in [0, 0.05) is 23.9 Å². The van der Waals surface area contributed by atoms with Crippen molar-refractivity contribution in [2.24, 2.45) is 5.73 Å². The topological polar surface area (TPSA) is 38.9 Å². The third kappa shape index (κ3) is 1.95. The number of aryl methyl sites for hydroxylation is 1. The van der Waals surface area contributed by atoms with E-state index >= 15 is 0 Å². The summed E-state index contributed by atoms with van der Waals surface area (Å²) in [5.41, 5.74) is 8.59. The molecule has 14 heavy (non-hydrogen) atoms. The Labute approximate surface area is 85.5 Å². The molecule has 0 aromatic carbocycles. The van der Waals surface area contributed by atoms with Crippen molar-refractivity contribution in [2.75, 3.05) is 0 Å². The molecule has 2 N–H and O–H groups in total. The molecule has 0 aliphatic heterocycles. The van der Waals surface area contributed by atoms with Crippen molar-refractivity contribution in [1.29, 1.82) is 0 Å². The molecular formula is C12H18N2. The minimum atomic E-state index is 0.285. The maximum Gasteiger partial charge on any atom is 0.0467 e. The number of nitrogens with two attached hydrogens (primary N) is 1. The Bertz CT molecular complexity index is 307. The summed E-state index contributed by atoms with van der Waals surface area (Å²) in [6.07, 6.45) is 6.71. The highest BCUT2D eigenvalue weighted by atomic mass is 14.7. The van der Waals surface area contributed by atoms with E-state index in [-0.39, 0.29) is 6.04 Å². The molecule has 1 heterocycles. The Balaban J connectivity index is 2.22. The average Bonchev–Trinajstić information content (AvgIpc) is 2.18. The lowest BCUT2D eigenvalue weighted by Crippen LogP contribution is -2.22. The maximum atomic E-state index is 5.85. The zero-order valence-electron chi connectivity index (χ0n) is 8.74. The number of rotatable bonds is 2. The molecule has 0 radical (unpaired) electrons. The van der Waals surface area contributed by atoms with E-state index in [1.807, 2.05) is 12.3 Å². The summed E-state index contributed by atoms with van der Waals surface area (Å²) >= 11 is 0. The summed E-state index contributed by atoms with van der Waals surface area (Å²) in [4.78, 5) is 4.50. The van der Waals surface area contributed by atoms with Crippen LogP contribution in [0.2, 0.25) is 0 Å². The Morgan fingerprint density at radius 1 is 1.64 bits per heavy atom. The number of aromatic nitrogens is 1. The van der Waals surface area contributed by atoms with Gasteiger partial charge in [-0.05, 0) is 44.2 Å². The van der Waals surface area contributed by atoms with E-state index < -0.39 is 0 Å². The van der Waals surface area contributed by atoms with Crippen molar-refractivity contribution in [3.05, 3.63) is 29.6 Å². The van der Waals surface area contributed by atoms with Gasteiger partial charge in [0.25, 0.3) is 0 Å². The maximum absolute atomic E-state index is 5.85. The van der Waals surface area contributed by atoms with Gasteiger partial charge in [0.2, 0.25) is 0 Å². The number of nitrogens with zero attached hydrogens (tertiary/aromatic N) is 1. The first-order valence-electron chi connectivity index (χ1n) is 5.46. The molecule has 2 atom stereocenters. The largest absolute Gasteiger partial charge is 0.328 e. The van der Waals surface area contributed by atoms with Crippen molar-refractivity contribution >= 4 is 0 Å². The molecule has 0 saturated carbocycles. The number of pyridine rings is 1. The first-order chi connectivity index (χ1) is 6.77. The molecule has 1 aromatic rings. The van der Waals surface area contributed by atoms with Crippen molar-refractivity contribution in [3.63, 3.8) is 0 Å². The fourth-order valence-corrected chi connectivity index (χ4v) is 2.38. The first kappa shape index (κ1) is 9.66. The summed E-state index contributed by atoms with van der Waals surface area (Å²) in [7, 11) is 0. The van der Waals surface area contributed by atoms with Crippen molar-refractivity contribution in [3.8, 4) is 0 Å². The second-order valence-corrected chi connectivity index (χ2v) is 4.35. The molecule has 2 nitrogen and oxygen atoms in total. The molecule has 2 heteroatoms. The highest BCUT2D eigenvalue weighted by molar-refractivity contribution is 5.25. The van der Waals surface area contributed by atoms with E-state index in [9.17, 15) is 0 Å². The normalized spacial score (nSPS) is 22.9. The van der Waals surface area contributed by atoms with Gasteiger partial charge < -0.3 is 5.73 Å². The van der Waals surface area contributed by atoms with Crippen molar-refractivity contribution in [2.45, 2.75) is 44.6 Å². The number of hydrogen-bond donors (Lipinski definition) is 1. The molecule has 0 saturated heterocycles. The average molecular weight is 190 g/mol. The van der Waals surface area contributed by atoms with Crippen molar-refractivity contribution < 1.29 is 0 Å². The lowest BCUT2D eigenvalue weighted by molar-refractivity contribution is 0.472. The minimum absolute atomic E-state index is 0.285. The molecular weight excluding hydrogens is 172 g/mol. The van der Waals surface area contributed by atoms with Crippen LogP contribution in [0.4, 0.5) is 0 Å². The van der Waals surface area contributed by atoms with Crippen LogP contribution in [0.1, 0.15) is 43.4 Å². The van der Waals surface area contributed by atoms with Gasteiger partial charge in [0.15, 0.2) is 0 Å². The van der Waals surface area contributed by atoms with Crippen LogP contribution in [0, 0.1) is 0 Å². The second kappa shape index (κ2) is 4.09. The minimum Gasteiger partial charge on any atom is -0.328 e. The highest BCUT2D eigenvalue weighted by Gasteiger charge is 2.21. The Morgan fingerprint density at radius 2 is 2.50 bits per heavy atom. The van der Waals surface area contributed by atoms with Gasteiger partial charge in [-0.25, -0.2) is 0 Å². The van der Waals surface area contributed by atoms with E-state index in [0.29, 0.717) is 5.92 Å². The second-order valence-electron chi connectivity index (χ2n) is 4.35. The number of fused-ring (bicyclic) bond motifs is 1. The van der Waals surface area contributed by atoms with Gasteiger partial charge in [-0.1, -0.05) is 6.07 Å². The Morgan fingerprint density at radius 3 is 3.29 bits per heavy atom. The van der Waals surface area contributed by atoms with E-state index in [1.165, 1.54) is 30.5 Å². The zero-order chi connectivity index (χ0) is 9.97. The lowest BCUT2D eigenvalue weighted by Gasteiger charge is -2.25. The first-order valence-corrected chi connectivity index (χ1v) is 5.46. The third-order valence-corrected chi connectivity index (χ3v) is 2.97. The van der Waals surface area contributed by atoms with E-state index in [4.69, 9.17) is 5.73 Å². The molecule has 2 unspecified atom stereocenters. The molecule has 0 fully saturated rings.